The molecule has 0 radical (unpaired) electrons. The minimum Gasteiger partial charge on any atom is -0.378 e. The highest BCUT2D eigenvalue weighted by Crippen LogP contribution is 2.21. The highest BCUT2D eigenvalue weighted by molar-refractivity contribution is 14.0. The van der Waals surface area contributed by atoms with Crippen LogP contribution >= 0.6 is 24.0 Å². The number of ether oxygens (including phenoxy) is 1. The third-order valence-electron chi connectivity index (χ3n) is 4.55. The highest BCUT2D eigenvalue weighted by Gasteiger charge is 2.14. The fourth-order valence-corrected chi connectivity index (χ4v) is 3.12. The van der Waals surface area contributed by atoms with Crippen LogP contribution in [0.1, 0.15) is 18.1 Å². The first kappa shape index (κ1) is 23.3. The van der Waals surface area contributed by atoms with Gasteiger partial charge in [-0.15, -0.1) is 24.0 Å². The molecular formula is C21H27F2IN4O. The zero-order chi connectivity index (χ0) is 19.8. The molecule has 2 aromatic carbocycles. The fourth-order valence-electron chi connectivity index (χ4n) is 3.12. The maximum Gasteiger partial charge on any atom is 0.191 e. The number of hydrogen-bond donors (Lipinski definition) is 2. The van der Waals surface area contributed by atoms with E-state index in [4.69, 9.17) is 4.74 Å². The molecule has 0 atom stereocenters. The van der Waals surface area contributed by atoms with Crippen LogP contribution in [0.2, 0.25) is 0 Å². The normalized spacial score (nSPS) is 14.3. The molecule has 1 heterocycles. The zero-order valence-corrected chi connectivity index (χ0v) is 18.8. The van der Waals surface area contributed by atoms with Gasteiger partial charge in [-0.25, -0.2) is 13.8 Å². The number of anilines is 1. The van der Waals surface area contributed by atoms with Crippen molar-refractivity contribution in [3.63, 3.8) is 0 Å². The van der Waals surface area contributed by atoms with Crippen LogP contribution in [0.15, 0.2) is 47.5 Å². The molecule has 1 aliphatic heterocycles. The van der Waals surface area contributed by atoms with E-state index in [1.165, 1.54) is 11.8 Å². The summed E-state index contributed by atoms with van der Waals surface area (Å²) >= 11 is 0. The van der Waals surface area contributed by atoms with Crippen LogP contribution in [-0.2, 0) is 17.8 Å². The van der Waals surface area contributed by atoms with Crippen LogP contribution < -0.4 is 15.5 Å². The first-order chi connectivity index (χ1) is 13.7. The monoisotopic (exact) mass is 516 g/mol. The van der Waals surface area contributed by atoms with Gasteiger partial charge in [0.25, 0.3) is 0 Å². The molecule has 0 saturated carbocycles. The molecule has 0 amide bonds. The number of guanidine groups is 1. The molecule has 1 saturated heterocycles. The molecule has 0 unspecified atom stereocenters. The standard InChI is InChI=1S/C21H26F2N4O.HI/c1-2-24-21(26-15-17-13-18(22)7-8-19(17)23)25-14-16-5-3-4-6-20(16)27-9-11-28-12-10-27;/h3-8,13H,2,9-12,14-15H2,1H3,(H2,24,25,26);1H. The summed E-state index contributed by atoms with van der Waals surface area (Å²) in [6.45, 7) is 6.45. The molecule has 5 nitrogen and oxygen atoms in total. The van der Waals surface area contributed by atoms with E-state index in [1.54, 1.807) is 0 Å². The minimum atomic E-state index is -0.469. The largest absolute Gasteiger partial charge is 0.378 e. The van der Waals surface area contributed by atoms with Crippen LogP contribution in [0.25, 0.3) is 0 Å². The van der Waals surface area contributed by atoms with Gasteiger partial charge in [0.05, 0.1) is 19.8 Å². The van der Waals surface area contributed by atoms with Gasteiger partial charge in [0.1, 0.15) is 11.6 Å². The Bertz CT molecular complexity index is 813. The Morgan fingerprint density at radius 2 is 1.83 bits per heavy atom. The van der Waals surface area contributed by atoms with Gasteiger partial charge in [-0.3, -0.25) is 0 Å². The average Bonchev–Trinajstić information content (AvgIpc) is 2.73. The second-order valence-electron chi connectivity index (χ2n) is 6.51. The molecule has 1 fully saturated rings. The van der Waals surface area contributed by atoms with E-state index in [0.717, 1.165) is 44.0 Å². The maximum absolute atomic E-state index is 13.8. The van der Waals surface area contributed by atoms with E-state index in [-0.39, 0.29) is 36.1 Å². The van der Waals surface area contributed by atoms with E-state index in [9.17, 15) is 8.78 Å². The molecule has 1 aliphatic rings. The molecule has 0 spiro atoms. The van der Waals surface area contributed by atoms with Crippen molar-refractivity contribution < 1.29 is 13.5 Å². The topological polar surface area (TPSA) is 48.9 Å². The smallest absolute Gasteiger partial charge is 0.191 e. The summed E-state index contributed by atoms with van der Waals surface area (Å²) in [7, 11) is 0. The van der Waals surface area contributed by atoms with Gasteiger partial charge in [0, 0.05) is 37.4 Å². The van der Waals surface area contributed by atoms with Crippen molar-refractivity contribution in [3.05, 3.63) is 65.2 Å². The Labute approximate surface area is 187 Å². The summed E-state index contributed by atoms with van der Waals surface area (Å²) in [6, 6.07) is 11.6. The van der Waals surface area contributed by atoms with Gasteiger partial charge in [0.2, 0.25) is 0 Å². The maximum atomic E-state index is 13.8. The van der Waals surface area contributed by atoms with Crippen molar-refractivity contribution >= 4 is 35.6 Å². The highest BCUT2D eigenvalue weighted by atomic mass is 127. The van der Waals surface area contributed by atoms with Gasteiger partial charge >= 0.3 is 0 Å². The minimum absolute atomic E-state index is 0. The predicted octanol–water partition coefficient (Wildman–Crippen LogP) is 3.67. The first-order valence-electron chi connectivity index (χ1n) is 9.54. The number of benzene rings is 2. The van der Waals surface area contributed by atoms with Crippen molar-refractivity contribution in [2.75, 3.05) is 37.7 Å². The molecule has 0 aromatic heterocycles. The number of para-hydroxylation sites is 1. The number of rotatable bonds is 6. The van der Waals surface area contributed by atoms with E-state index >= 15 is 0 Å². The van der Waals surface area contributed by atoms with Gasteiger partial charge in [-0.05, 0) is 36.8 Å². The number of nitrogens with one attached hydrogen (secondary N) is 2. The quantitative estimate of drug-likeness (QED) is 0.350. The average molecular weight is 516 g/mol. The predicted molar refractivity (Wildman–Crippen MR) is 123 cm³/mol. The summed E-state index contributed by atoms with van der Waals surface area (Å²) in [5.41, 5.74) is 2.54. The van der Waals surface area contributed by atoms with Crippen LogP contribution in [0.4, 0.5) is 14.5 Å². The van der Waals surface area contributed by atoms with Gasteiger partial charge in [-0.2, -0.15) is 0 Å². The zero-order valence-electron chi connectivity index (χ0n) is 16.5. The molecule has 158 valence electrons. The van der Waals surface area contributed by atoms with Crippen LogP contribution in [0.3, 0.4) is 0 Å². The van der Waals surface area contributed by atoms with E-state index < -0.39 is 11.6 Å². The lowest BCUT2D eigenvalue weighted by molar-refractivity contribution is 0.122. The van der Waals surface area contributed by atoms with Crippen LogP contribution in [0, 0.1) is 11.6 Å². The van der Waals surface area contributed by atoms with Crippen molar-refractivity contribution in [2.24, 2.45) is 4.99 Å². The molecule has 0 bridgehead atoms. The lowest BCUT2D eigenvalue weighted by Crippen LogP contribution is -2.39. The van der Waals surface area contributed by atoms with E-state index in [1.807, 2.05) is 19.1 Å². The van der Waals surface area contributed by atoms with Gasteiger partial charge in [-0.1, -0.05) is 18.2 Å². The molecule has 0 aliphatic carbocycles. The van der Waals surface area contributed by atoms with Crippen molar-refractivity contribution in [1.82, 2.24) is 10.6 Å². The van der Waals surface area contributed by atoms with Crippen molar-refractivity contribution in [1.29, 1.82) is 0 Å². The van der Waals surface area contributed by atoms with Crippen LogP contribution in [-0.4, -0.2) is 38.8 Å². The number of morpholine rings is 1. The Hall–Kier alpha value is -1.94. The number of hydrogen-bond acceptors (Lipinski definition) is 3. The Kier molecular flexibility index (Phi) is 9.59. The molecular weight excluding hydrogens is 489 g/mol. The lowest BCUT2D eigenvalue weighted by Gasteiger charge is -2.30. The molecule has 8 heteroatoms. The Balaban J connectivity index is 0.00000300. The summed E-state index contributed by atoms with van der Waals surface area (Å²) in [5, 5.41) is 6.43. The first-order valence-corrected chi connectivity index (χ1v) is 9.54. The lowest BCUT2D eigenvalue weighted by atomic mass is 10.1. The third kappa shape index (κ3) is 6.81. The van der Waals surface area contributed by atoms with Crippen molar-refractivity contribution in [2.45, 2.75) is 20.0 Å². The summed E-state index contributed by atoms with van der Waals surface area (Å²) in [5.74, 6) is -0.370. The number of halogens is 3. The van der Waals surface area contributed by atoms with Gasteiger partial charge in [0.15, 0.2) is 5.96 Å². The Morgan fingerprint density at radius 3 is 2.59 bits per heavy atom. The second-order valence-corrected chi connectivity index (χ2v) is 6.51. The summed E-state index contributed by atoms with van der Waals surface area (Å²) in [6.07, 6.45) is 0. The van der Waals surface area contributed by atoms with E-state index in [2.05, 4.69) is 32.7 Å². The van der Waals surface area contributed by atoms with Crippen LogP contribution in [0.5, 0.6) is 0 Å². The summed E-state index contributed by atoms with van der Waals surface area (Å²) in [4.78, 5) is 6.71. The SMILES string of the molecule is CCNC(=NCc1cc(F)ccc1F)NCc1ccccc1N1CCOCC1.I. The number of nitrogens with zero attached hydrogens (tertiary/aromatic N) is 2. The number of aliphatic imine (C=N–C) groups is 1. The van der Waals surface area contributed by atoms with E-state index in [0.29, 0.717) is 19.0 Å². The molecule has 3 rings (SSSR count). The molecule has 2 N–H and O–H groups in total. The Morgan fingerprint density at radius 1 is 1.07 bits per heavy atom. The fraction of sp³-hybridized carbons (Fsp3) is 0.381. The summed E-state index contributed by atoms with van der Waals surface area (Å²) < 4.78 is 32.6. The molecule has 29 heavy (non-hydrogen) atoms. The molecule has 2 aromatic rings. The second kappa shape index (κ2) is 11.9. The third-order valence-corrected chi connectivity index (χ3v) is 4.55. The van der Waals surface area contributed by atoms with Gasteiger partial charge < -0.3 is 20.3 Å². The van der Waals surface area contributed by atoms with Crippen molar-refractivity contribution in [3.8, 4) is 0 Å².